The summed E-state index contributed by atoms with van der Waals surface area (Å²) in [7, 11) is 1.70. The van der Waals surface area contributed by atoms with Crippen molar-refractivity contribution in [3.8, 4) is 0 Å². The molecule has 1 fully saturated rings. The lowest BCUT2D eigenvalue weighted by atomic mass is 10.1. The van der Waals surface area contributed by atoms with Gasteiger partial charge in [-0.1, -0.05) is 24.3 Å². The van der Waals surface area contributed by atoms with Gasteiger partial charge in [0.25, 0.3) is 0 Å². The number of nitrogens with one attached hydrogen (secondary N) is 2. The van der Waals surface area contributed by atoms with Crippen LogP contribution in [0.2, 0.25) is 0 Å². The maximum atomic E-state index is 12.4. The normalized spacial score (nSPS) is 21.1. The summed E-state index contributed by atoms with van der Waals surface area (Å²) in [6, 6.07) is 8.09. The molecule has 1 aromatic carbocycles. The van der Waals surface area contributed by atoms with Crippen molar-refractivity contribution in [1.82, 2.24) is 25.4 Å². The first-order chi connectivity index (χ1) is 11.7. The molecule has 1 aliphatic rings. The van der Waals surface area contributed by atoms with Crippen molar-refractivity contribution in [3.63, 3.8) is 0 Å². The van der Waals surface area contributed by atoms with Gasteiger partial charge in [-0.25, -0.2) is 4.98 Å². The molecule has 7 nitrogen and oxygen atoms in total. The van der Waals surface area contributed by atoms with Crippen LogP contribution in [0.4, 0.5) is 0 Å². The molecule has 1 saturated heterocycles. The summed E-state index contributed by atoms with van der Waals surface area (Å²) in [5.41, 5.74) is 2.31. The summed E-state index contributed by atoms with van der Waals surface area (Å²) >= 11 is 0. The molecule has 2 atom stereocenters. The number of H-pyrrole nitrogens is 1. The molecule has 2 N–H and O–H groups in total. The summed E-state index contributed by atoms with van der Waals surface area (Å²) in [6.07, 6.45) is 2.40. The van der Waals surface area contributed by atoms with Crippen LogP contribution in [0.5, 0.6) is 0 Å². The van der Waals surface area contributed by atoms with Gasteiger partial charge >= 0.3 is 0 Å². The maximum Gasteiger partial charge on any atom is 0.234 e. The van der Waals surface area contributed by atoms with Crippen LogP contribution in [-0.2, 0) is 16.1 Å². The van der Waals surface area contributed by atoms with Crippen molar-refractivity contribution in [1.29, 1.82) is 0 Å². The van der Waals surface area contributed by atoms with Gasteiger partial charge in [0.2, 0.25) is 5.91 Å². The number of carbonyl (C=O) groups excluding carboxylic acids is 1. The van der Waals surface area contributed by atoms with E-state index in [0.717, 1.165) is 17.8 Å². The second-order valence-electron chi connectivity index (χ2n) is 6.11. The Hall–Kier alpha value is -2.25. The number of aryl methyl sites for hydroxylation is 1. The first-order valence-corrected chi connectivity index (χ1v) is 8.10. The summed E-state index contributed by atoms with van der Waals surface area (Å²) in [5.74, 6) is 0.778. The van der Waals surface area contributed by atoms with E-state index in [2.05, 4.69) is 25.4 Å². The summed E-state index contributed by atoms with van der Waals surface area (Å²) in [6.45, 7) is 3.61. The van der Waals surface area contributed by atoms with Crippen molar-refractivity contribution < 1.29 is 9.53 Å². The van der Waals surface area contributed by atoms with Crippen LogP contribution in [0.3, 0.4) is 0 Å². The highest BCUT2D eigenvalue weighted by atomic mass is 16.5. The lowest BCUT2D eigenvalue weighted by molar-refractivity contribution is -0.122. The fraction of sp³-hybridized carbons (Fsp3) is 0.471. The Kier molecular flexibility index (Phi) is 5.22. The Balaban J connectivity index is 1.59. The zero-order valence-corrected chi connectivity index (χ0v) is 14.0. The lowest BCUT2D eigenvalue weighted by Gasteiger charge is -2.21. The minimum Gasteiger partial charge on any atom is -0.380 e. The number of carbonyl (C=O) groups is 1. The van der Waals surface area contributed by atoms with Crippen molar-refractivity contribution in [2.75, 3.05) is 20.2 Å². The molecule has 0 spiro atoms. The quantitative estimate of drug-likeness (QED) is 0.832. The van der Waals surface area contributed by atoms with Gasteiger partial charge in [0, 0.05) is 20.2 Å². The van der Waals surface area contributed by atoms with E-state index in [1.165, 1.54) is 11.9 Å². The highest BCUT2D eigenvalue weighted by Gasteiger charge is 2.35. The molecule has 2 aromatic rings. The zero-order valence-electron chi connectivity index (χ0n) is 14.0. The highest BCUT2D eigenvalue weighted by molar-refractivity contribution is 5.78. The molecule has 0 saturated carbocycles. The molecule has 0 aliphatic carbocycles. The van der Waals surface area contributed by atoms with Crippen LogP contribution >= 0.6 is 0 Å². The smallest absolute Gasteiger partial charge is 0.234 e. The van der Waals surface area contributed by atoms with Crippen LogP contribution in [0.25, 0.3) is 0 Å². The fourth-order valence-electron chi connectivity index (χ4n) is 3.11. The van der Waals surface area contributed by atoms with Crippen LogP contribution in [0, 0.1) is 6.92 Å². The molecule has 1 amide bonds. The third-order valence-corrected chi connectivity index (χ3v) is 4.53. The first-order valence-electron chi connectivity index (χ1n) is 8.10. The second kappa shape index (κ2) is 7.55. The zero-order chi connectivity index (χ0) is 16.9. The van der Waals surface area contributed by atoms with Gasteiger partial charge in [0.05, 0.1) is 18.7 Å². The molecule has 128 valence electrons. The van der Waals surface area contributed by atoms with Crippen molar-refractivity contribution in [2.45, 2.75) is 32.0 Å². The Morgan fingerprint density at radius 2 is 2.29 bits per heavy atom. The number of rotatable bonds is 6. The number of methoxy groups -OCH3 is 1. The molecule has 0 radical (unpaired) electrons. The van der Waals surface area contributed by atoms with Crippen LogP contribution in [0.15, 0.2) is 30.6 Å². The number of nitrogens with zero attached hydrogens (tertiary/aromatic N) is 3. The topological polar surface area (TPSA) is 83.1 Å². The van der Waals surface area contributed by atoms with E-state index in [-0.39, 0.29) is 18.1 Å². The van der Waals surface area contributed by atoms with Crippen LogP contribution < -0.4 is 5.32 Å². The second-order valence-corrected chi connectivity index (χ2v) is 6.11. The fourth-order valence-corrected chi connectivity index (χ4v) is 3.11. The minimum atomic E-state index is -0.000443. The predicted octanol–water partition coefficient (Wildman–Crippen LogP) is 1.19. The van der Waals surface area contributed by atoms with Gasteiger partial charge in [0.15, 0.2) is 0 Å². The Morgan fingerprint density at radius 1 is 1.46 bits per heavy atom. The monoisotopic (exact) mass is 329 g/mol. The number of aromatic amines is 1. The standard InChI is InChI=1S/C17H23N5O2/c1-12-5-3-4-6-13(12)8-18-16(23)10-22-9-14(24-2)7-15(22)17-19-11-20-21-17/h3-6,11,14-15H,7-10H2,1-2H3,(H,18,23)(H,19,20,21)/t14-,15+/m1/s1. The first kappa shape index (κ1) is 16.6. The van der Waals surface area contributed by atoms with Crippen molar-refractivity contribution in [3.05, 3.63) is 47.5 Å². The molecule has 0 unspecified atom stereocenters. The molecular weight excluding hydrogens is 306 g/mol. The van der Waals surface area contributed by atoms with E-state index in [0.29, 0.717) is 19.6 Å². The van der Waals surface area contributed by atoms with E-state index < -0.39 is 0 Å². The van der Waals surface area contributed by atoms with Gasteiger partial charge < -0.3 is 10.1 Å². The summed E-state index contributed by atoms with van der Waals surface area (Å²) in [5, 5.41) is 9.81. The van der Waals surface area contributed by atoms with E-state index >= 15 is 0 Å². The summed E-state index contributed by atoms with van der Waals surface area (Å²) < 4.78 is 5.46. The Bertz CT molecular complexity index is 673. The molecule has 0 bridgehead atoms. The number of likely N-dealkylation sites (tertiary alicyclic amines) is 1. The van der Waals surface area contributed by atoms with Gasteiger partial charge in [-0.05, 0) is 24.5 Å². The van der Waals surface area contributed by atoms with Gasteiger partial charge in [-0.2, -0.15) is 5.10 Å². The molecule has 2 heterocycles. The van der Waals surface area contributed by atoms with Crippen LogP contribution in [-0.4, -0.2) is 52.3 Å². The molecule has 7 heteroatoms. The largest absolute Gasteiger partial charge is 0.380 e. The average Bonchev–Trinajstić information content (AvgIpc) is 3.23. The number of ether oxygens (including phenoxy) is 1. The Morgan fingerprint density at radius 3 is 3.00 bits per heavy atom. The summed E-state index contributed by atoms with van der Waals surface area (Å²) in [4.78, 5) is 18.7. The van der Waals surface area contributed by atoms with Crippen LogP contribution in [0.1, 0.15) is 29.4 Å². The molecule has 24 heavy (non-hydrogen) atoms. The molecule has 1 aromatic heterocycles. The number of benzene rings is 1. The Labute approximate surface area is 141 Å². The third-order valence-electron chi connectivity index (χ3n) is 4.53. The number of hydrogen-bond donors (Lipinski definition) is 2. The van der Waals surface area contributed by atoms with Crippen molar-refractivity contribution in [2.24, 2.45) is 0 Å². The molecule has 1 aliphatic heterocycles. The van der Waals surface area contributed by atoms with Gasteiger partial charge in [0.1, 0.15) is 12.2 Å². The number of aromatic nitrogens is 3. The maximum absolute atomic E-state index is 12.4. The van der Waals surface area contributed by atoms with Gasteiger partial charge in [-0.3, -0.25) is 14.8 Å². The molecule has 3 rings (SSSR count). The predicted molar refractivity (Wildman–Crippen MR) is 89.1 cm³/mol. The van der Waals surface area contributed by atoms with E-state index in [1.54, 1.807) is 7.11 Å². The molecular formula is C17H23N5O2. The highest BCUT2D eigenvalue weighted by Crippen LogP contribution is 2.30. The third kappa shape index (κ3) is 3.80. The average molecular weight is 329 g/mol. The van der Waals surface area contributed by atoms with Gasteiger partial charge in [-0.15, -0.1) is 0 Å². The van der Waals surface area contributed by atoms with E-state index in [1.807, 2.05) is 31.2 Å². The SMILES string of the molecule is CO[C@@H]1C[C@@H](c2ncn[nH]2)N(CC(=O)NCc2ccccc2C)C1. The lowest BCUT2D eigenvalue weighted by Crippen LogP contribution is -2.37. The van der Waals surface area contributed by atoms with E-state index in [4.69, 9.17) is 4.74 Å². The minimum absolute atomic E-state index is 0.000443. The van der Waals surface area contributed by atoms with E-state index in [9.17, 15) is 4.79 Å². The van der Waals surface area contributed by atoms with Crippen molar-refractivity contribution >= 4 is 5.91 Å². The number of amides is 1. The number of hydrogen-bond acceptors (Lipinski definition) is 5.